The van der Waals surface area contributed by atoms with Crippen molar-refractivity contribution in [3.63, 3.8) is 0 Å². The molecule has 0 saturated carbocycles. The standard InChI is InChI=1S/C18H18ClFN2O/c19-15-11-14(8-9-16(15)20)21-18(23)12-22-10-4-7-17(22)13-5-2-1-3-6-13/h1-3,5-6,8-9,11,17H,4,7,10,12H2,(H,21,23). The summed E-state index contributed by atoms with van der Waals surface area (Å²) in [5.41, 5.74) is 1.75. The number of benzene rings is 2. The molecule has 1 aliphatic rings. The number of halogens is 2. The van der Waals surface area contributed by atoms with E-state index in [1.807, 2.05) is 18.2 Å². The Morgan fingerprint density at radius 3 is 2.78 bits per heavy atom. The molecule has 0 aromatic heterocycles. The molecule has 23 heavy (non-hydrogen) atoms. The van der Waals surface area contributed by atoms with E-state index in [0.29, 0.717) is 12.2 Å². The van der Waals surface area contributed by atoms with Gasteiger partial charge in [-0.3, -0.25) is 9.69 Å². The van der Waals surface area contributed by atoms with Gasteiger partial charge in [-0.25, -0.2) is 4.39 Å². The second-order valence-electron chi connectivity index (χ2n) is 5.72. The largest absolute Gasteiger partial charge is 0.325 e. The molecule has 0 radical (unpaired) electrons. The van der Waals surface area contributed by atoms with Crippen molar-refractivity contribution in [1.82, 2.24) is 4.90 Å². The normalized spacial score (nSPS) is 18.1. The average molecular weight is 333 g/mol. The van der Waals surface area contributed by atoms with Crippen molar-refractivity contribution in [1.29, 1.82) is 0 Å². The van der Waals surface area contributed by atoms with E-state index in [2.05, 4.69) is 22.3 Å². The fourth-order valence-corrected chi connectivity index (χ4v) is 3.21. The van der Waals surface area contributed by atoms with Crippen LogP contribution in [0.3, 0.4) is 0 Å². The Morgan fingerprint density at radius 1 is 1.26 bits per heavy atom. The lowest BCUT2D eigenvalue weighted by molar-refractivity contribution is -0.117. The molecule has 3 nitrogen and oxygen atoms in total. The second kappa shape index (κ2) is 7.11. The number of nitrogens with one attached hydrogen (secondary N) is 1. The SMILES string of the molecule is O=C(CN1CCCC1c1ccccc1)Nc1ccc(F)c(Cl)c1. The molecule has 2 aromatic carbocycles. The summed E-state index contributed by atoms with van der Waals surface area (Å²) in [6.07, 6.45) is 2.13. The molecule has 0 aliphatic carbocycles. The molecule has 1 amide bonds. The van der Waals surface area contributed by atoms with E-state index < -0.39 is 5.82 Å². The Labute approximate surface area is 140 Å². The highest BCUT2D eigenvalue weighted by Gasteiger charge is 2.27. The molecule has 1 unspecified atom stereocenters. The molecule has 1 aliphatic heterocycles. The topological polar surface area (TPSA) is 32.3 Å². The molecule has 1 heterocycles. The highest BCUT2D eigenvalue weighted by Crippen LogP contribution is 2.31. The summed E-state index contributed by atoms with van der Waals surface area (Å²) in [6, 6.07) is 14.7. The minimum Gasteiger partial charge on any atom is -0.325 e. The second-order valence-corrected chi connectivity index (χ2v) is 6.12. The van der Waals surface area contributed by atoms with Gasteiger partial charge in [0.2, 0.25) is 5.91 Å². The highest BCUT2D eigenvalue weighted by molar-refractivity contribution is 6.31. The Bertz CT molecular complexity index is 693. The number of hydrogen-bond acceptors (Lipinski definition) is 2. The maximum Gasteiger partial charge on any atom is 0.238 e. The fraction of sp³-hybridized carbons (Fsp3) is 0.278. The van der Waals surface area contributed by atoms with Gasteiger partial charge in [-0.2, -0.15) is 0 Å². The molecular formula is C18H18ClFN2O. The van der Waals surface area contributed by atoms with Crippen molar-refractivity contribution < 1.29 is 9.18 Å². The lowest BCUT2D eigenvalue weighted by Crippen LogP contribution is -2.32. The summed E-state index contributed by atoms with van der Waals surface area (Å²) in [5, 5.41) is 2.78. The van der Waals surface area contributed by atoms with Crippen molar-refractivity contribution in [2.45, 2.75) is 18.9 Å². The van der Waals surface area contributed by atoms with Gasteiger partial charge in [-0.15, -0.1) is 0 Å². The monoisotopic (exact) mass is 332 g/mol. The number of amides is 1. The van der Waals surface area contributed by atoms with Crippen molar-refractivity contribution >= 4 is 23.2 Å². The lowest BCUT2D eigenvalue weighted by atomic mass is 10.0. The van der Waals surface area contributed by atoms with Crippen LogP contribution in [-0.4, -0.2) is 23.9 Å². The molecule has 0 spiro atoms. The first-order chi connectivity index (χ1) is 11.1. The molecule has 5 heteroatoms. The van der Waals surface area contributed by atoms with Gasteiger partial charge in [0.1, 0.15) is 5.82 Å². The molecule has 2 aromatic rings. The Kier molecular flexibility index (Phi) is 4.94. The van der Waals surface area contributed by atoms with E-state index >= 15 is 0 Å². The summed E-state index contributed by atoms with van der Waals surface area (Å²) < 4.78 is 13.1. The Morgan fingerprint density at radius 2 is 2.04 bits per heavy atom. The Balaban J connectivity index is 1.64. The summed E-state index contributed by atoms with van der Waals surface area (Å²) in [6.45, 7) is 1.21. The van der Waals surface area contributed by atoms with Crippen LogP contribution in [0.4, 0.5) is 10.1 Å². The fourth-order valence-electron chi connectivity index (χ4n) is 3.03. The Hall–Kier alpha value is -1.91. The molecule has 1 atom stereocenters. The van der Waals surface area contributed by atoms with Crippen molar-refractivity contribution in [3.05, 3.63) is 64.9 Å². The maximum atomic E-state index is 13.1. The van der Waals surface area contributed by atoms with Crippen LogP contribution in [0.15, 0.2) is 48.5 Å². The van der Waals surface area contributed by atoms with Crippen LogP contribution in [0.1, 0.15) is 24.4 Å². The van der Waals surface area contributed by atoms with Crippen molar-refractivity contribution in [3.8, 4) is 0 Å². The van der Waals surface area contributed by atoms with Crippen LogP contribution in [-0.2, 0) is 4.79 Å². The van der Waals surface area contributed by atoms with Crippen molar-refractivity contribution in [2.75, 3.05) is 18.4 Å². The van der Waals surface area contributed by atoms with Crippen LogP contribution in [0.25, 0.3) is 0 Å². The van der Waals surface area contributed by atoms with Crippen LogP contribution in [0, 0.1) is 5.82 Å². The smallest absolute Gasteiger partial charge is 0.238 e. The number of hydrogen-bond donors (Lipinski definition) is 1. The van der Waals surface area contributed by atoms with Crippen LogP contribution in [0.5, 0.6) is 0 Å². The van der Waals surface area contributed by atoms with Crippen LogP contribution >= 0.6 is 11.6 Å². The van der Waals surface area contributed by atoms with Crippen LogP contribution in [0.2, 0.25) is 5.02 Å². The minimum atomic E-state index is -0.492. The van der Waals surface area contributed by atoms with Gasteiger partial charge in [0.25, 0.3) is 0 Å². The van der Waals surface area contributed by atoms with E-state index in [1.165, 1.54) is 23.8 Å². The maximum absolute atomic E-state index is 13.1. The molecule has 1 N–H and O–H groups in total. The zero-order valence-corrected chi connectivity index (χ0v) is 13.4. The molecule has 1 fully saturated rings. The summed E-state index contributed by atoms with van der Waals surface area (Å²) in [5.74, 6) is -0.608. The molecule has 120 valence electrons. The summed E-state index contributed by atoms with van der Waals surface area (Å²) in [4.78, 5) is 14.4. The van der Waals surface area contributed by atoms with E-state index in [4.69, 9.17) is 11.6 Å². The highest BCUT2D eigenvalue weighted by atomic mass is 35.5. The predicted molar refractivity (Wildman–Crippen MR) is 90.0 cm³/mol. The number of likely N-dealkylation sites (tertiary alicyclic amines) is 1. The lowest BCUT2D eigenvalue weighted by Gasteiger charge is -2.24. The third-order valence-corrected chi connectivity index (χ3v) is 4.39. The number of rotatable bonds is 4. The third kappa shape index (κ3) is 3.89. The molecule has 1 saturated heterocycles. The first kappa shape index (κ1) is 16.0. The first-order valence-corrected chi connectivity index (χ1v) is 8.05. The quantitative estimate of drug-likeness (QED) is 0.907. The minimum absolute atomic E-state index is 0.00568. The van der Waals surface area contributed by atoms with Gasteiger partial charge in [-0.1, -0.05) is 41.9 Å². The summed E-state index contributed by atoms with van der Waals surface area (Å²) >= 11 is 5.73. The van der Waals surface area contributed by atoms with Gasteiger partial charge < -0.3 is 5.32 Å². The average Bonchev–Trinajstić information content (AvgIpc) is 3.00. The third-order valence-electron chi connectivity index (χ3n) is 4.10. The van der Waals surface area contributed by atoms with E-state index in [-0.39, 0.29) is 17.0 Å². The zero-order chi connectivity index (χ0) is 16.2. The molecule has 3 rings (SSSR count). The number of nitrogens with zero attached hydrogens (tertiary/aromatic N) is 1. The van der Waals surface area contributed by atoms with Crippen molar-refractivity contribution in [2.24, 2.45) is 0 Å². The first-order valence-electron chi connectivity index (χ1n) is 7.67. The van der Waals surface area contributed by atoms with Crippen LogP contribution < -0.4 is 5.32 Å². The molecule has 0 bridgehead atoms. The van der Waals surface area contributed by atoms with E-state index in [1.54, 1.807) is 0 Å². The van der Waals surface area contributed by atoms with Gasteiger partial charge in [-0.05, 0) is 43.1 Å². The zero-order valence-electron chi connectivity index (χ0n) is 12.6. The van der Waals surface area contributed by atoms with E-state index in [0.717, 1.165) is 19.4 Å². The number of carbonyl (C=O) groups excluding carboxylic acids is 1. The number of anilines is 1. The summed E-state index contributed by atoms with van der Waals surface area (Å²) in [7, 11) is 0. The predicted octanol–water partition coefficient (Wildman–Crippen LogP) is 4.25. The number of carbonyl (C=O) groups is 1. The van der Waals surface area contributed by atoms with Gasteiger partial charge >= 0.3 is 0 Å². The van der Waals surface area contributed by atoms with Gasteiger partial charge in [0.05, 0.1) is 11.6 Å². The van der Waals surface area contributed by atoms with Gasteiger partial charge in [0, 0.05) is 11.7 Å². The van der Waals surface area contributed by atoms with E-state index in [9.17, 15) is 9.18 Å². The molecular weight excluding hydrogens is 315 g/mol. The van der Waals surface area contributed by atoms with Gasteiger partial charge in [0.15, 0.2) is 0 Å².